The molecule has 0 fully saturated rings. The summed E-state index contributed by atoms with van der Waals surface area (Å²) in [5.74, 6) is 0.623. The molecule has 1 N–H and O–H groups in total. The van der Waals surface area contributed by atoms with Crippen molar-refractivity contribution in [3.8, 4) is 17.2 Å². The van der Waals surface area contributed by atoms with Crippen molar-refractivity contribution >= 4 is 5.78 Å². The normalized spacial score (nSPS) is 16.0. The predicted molar refractivity (Wildman–Crippen MR) is 96.5 cm³/mol. The second kappa shape index (κ2) is 7.01. The van der Waals surface area contributed by atoms with Gasteiger partial charge in [-0.1, -0.05) is 35.4 Å². The molecule has 0 aromatic heterocycles. The molecule has 2 aromatic rings. The fraction of sp³-hybridized carbons (Fsp3) is 0.286. The van der Waals surface area contributed by atoms with E-state index in [1.54, 1.807) is 6.07 Å². The van der Waals surface area contributed by atoms with Gasteiger partial charge in [-0.05, 0) is 32.4 Å². The quantitative estimate of drug-likeness (QED) is 0.817. The number of hydrogen-bond acceptors (Lipinski definition) is 4. The summed E-state index contributed by atoms with van der Waals surface area (Å²) >= 11 is 0. The van der Waals surface area contributed by atoms with Gasteiger partial charge in [0.1, 0.15) is 35.5 Å². The van der Waals surface area contributed by atoms with Crippen LogP contribution in [0.4, 0.5) is 0 Å². The summed E-state index contributed by atoms with van der Waals surface area (Å²) in [7, 11) is 0. The van der Waals surface area contributed by atoms with E-state index in [0.29, 0.717) is 18.1 Å². The molecule has 0 amide bonds. The molecule has 0 radical (unpaired) electrons. The highest BCUT2D eigenvalue weighted by molar-refractivity contribution is 6.02. The number of phenolic OH excluding ortho intramolecular Hbond substituents is 1. The van der Waals surface area contributed by atoms with Crippen LogP contribution in [0.15, 0.2) is 48.0 Å². The molecule has 1 heterocycles. The van der Waals surface area contributed by atoms with E-state index in [1.165, 1.54) is 6.07 Å². The average molecular weight is 338 g/mol. The minimum absolute atomic E-state index is 0.0999. The van der Waals surface area contributed by atoms with Crippen LogP contribution in [0, 0.1) is 6.92 Å². The number of ether oxygens (including phenoxy) is 2. The lowest BCUT2D eigenvalue weighted by Gasteiger charge is -2.26. The molecule has 1 unspecified atom stereocenters. The molecule has 0 saturated heterocycles. The number of fused-ring (bicyclic) bond motifs is 1. The van der Waals surface area contributed by atoms with Gasteiger partial charge in [0.25, 0.3) is 0 Å². The van der Waals surface area contributed by atoms with E-state index in [4.69, 9.17) is 9.47 Å². The Balaban J connectivity index is 1.87. The molecule has 0 saturated carbocycles. The second-order valence-electron chi connectivity index (χ2n) is 6.55. The van der Waals surface area contributed by atoms with Crippen molar-refractivity contribution in [2.24, 2.45) is 0 Å². The van der Waals surface area contributed by atoms with Gasteiger partial charge in [0.2, 0.25) is 0 Å². The van der Waals surface area contributed by atoms with Gasteiger partial charge < -0.3 is 14.6 Å². The summed E-state index contributed by atoms with van der Waals surface area (Å²) in [6.45, 7) is 6.39. The maximum absolute atomic E-state index is 12.5. The first-order valence-electron chi connectivity index (χ1n) is 8.33. The molecule has 2 aromatic carbocycles. The molecule has 0 bridgehead atoms. The highest BCUT2D eigenvalue weighted by Gasteiger charge is 2.30. The molecule has 0 aliphatic carbocycles. The number of carbonyl (C=O) groups is 1. The fourth-order valence-electron chi connectivity index (χ4n) is 2.77. The number of ketones is 1. The molecular weight excluding hydrogens is 316 g/mol. The van der Waals surface area contributed by atoms with Crippen molar-refractivity contribution in [2.45, 2.75) is 33.3 Å². The monoisotopic (exact) mass is 338 g/mol. The first-order chi connectivity index (χ1) is 11.9. The Morgan fingerprint density at radius 2 is 2.00 bits per heavy atom. The van der Waals surface area contributed by atoms with Crippen molar-refractivity contribution < 1.29 is 19.4 Å². The Bertz CT molecular complexity index is 815. The third-order valence-corrected chi connectivity index (χ3v) is 4.16. The number of Topliss-reactive ketones (excluding diaryl/α,β-unsaturated/α-hetero) is 1. The largest absolute Gasteiger partial charge is 0.507 e. The maximum atomic E-state index is 12.5. The summed E-state index contributed by atoms with van der Waals surface area (Å²) in [5, 5.41) is 10.2. The zero-order valence-electron chi connectivity index (χ0n) is 14.7. The van der Waals surface area contributed by atoms with Gasteiger partial charge in [-0.2, -0.15) is 0 Å². The van der Waals surface area contributed by atoms with Crippen LogP contribution < -0.4 is 9.47 Å². The van der Waals surface area contributed by atoms with E-state index in [2.05, 4.69) is 0 Å². The van der Waals surface area contributed by atoms with Crippen molar-refractivity contribution in [1.82, 2.24) is 0 Å². The van der Waals surface area contributed by atoms with Crippen molar-refractivity contribution in [3.05, 3.63) is 64.7 Å². The summed E-state index contributed by atoms with van der Waals surface area (Å²) in [5.41, 5.74) is 3.48. The van der Waals surface area contributed by atoms with Crippen molar-refractivity contribution in [1.29, 1.82) is 0 Å². The molecule has 3 rings (SSSR count). The topological polar surface area (TPSA) is 55.8 Å². The predicted octanol–water partition coefficient (Wildman–Crippen LogP) is 4.75. The zero-order valence-corrected chi connectivity index (χ0v) is 14.7. The van der Waals surface area contributed by atoms with Crippen LogP contribution in [0.1, 0.15) is 47.9 Å². The van der Waals surface area contributed by atoms with Crippen LogP contribution in [0.5, 0.6) is 17.2 Å². The van der Waals surface area contributed by atoms with Crippen molar-refractivity contribution in [3.63, 3.8) is 0 Å². The number of benzene rings is 2. The van der Waals surface area contributed by atoms with Crippen LogP contribution in [0.3, 0.4) is 0 Å². The fourth-order valence-corrected chi connectivity index (χ4v) is 2.77. The number of carbonyl (C=O) groups excluding carboxylic acids is 1. The third kappa shape index (κ3) is 3.85. The Labute approximate surface area is 147 Å². The minimum Gasteiger partial charge on any atom is -0.507 e. The second-order valence-corrected chi connectivity index (χ2v) is 6.55. The van der Waals surface area contributed by atoms with E-state index in [-0.39, 0.29) is 29.6 Å². The highest BCUT2D eigenvalue weighted by Crippen LogP contribution is 2.41. The van der Waals surface area contributed by atoms with Gasteiger partial charge in [-0.25, -0.2) is 0 Å². The molecule has 25 heavy (non-hydrogen) atoms. The number of hydrogen-bond donors (Lipinski definition) is 1. The van der Waals surface area contributed by atoms with Crippen LogP contribution in [-0.4, -0.2) is 17.5 Å². The van der Waals surface area contributed by atoms with E-state index in [9.17, 15) is 9.90 Å². The minimum atomic E-state index is -0.354. The maximum Gasteiger partial charge on any atom is 0.174 e. The van der Waals surface area contributed by atoms with E-state index < -0.39 is 0 Å². The lowest BCUT2D eigenvalue weighted by molar-refractivity contribution is 0.0844. The summed E-state index contributed by atoms with van der Waals surface area (Å²) in [6, 6.07) is 11.1. The molecule has 130 valence electrons. The smallest absolute Gasteiger partial charge is 0.174 e. The standard InChI is InChI=1S/C21H22O4/c1-13(2)8-9-24-16-10-17(22)21-18(23)12-19(25-20(21)11-16)15-6-4-14(3)5-7-15/h4-8,10-11,19,22H,9,12H2,1-3H3. The van der Waals surface area contributed by atoms with Gasteiger partial charge in [-0.3, -0.25) is 4.79 Å². The first kappa shape index (κ1) is 17.1. The molecular formula is C21H22O4. The number of rotatable bonds is 4. The number of aromatic hydroxyl groups is 1. The Hall–Kier alpha value is -2.75. The van der Waals surface area contributed by atoms with E-state index >= 15 is 0 Å². The molecule has 1 atom stereocenters. The first-order valence-corrected chi connectivity index (χ1v) is 8.33. The number of phenols is 1. The SMILES string of the molecule is CC(C)=CCOc1cc(O)c2c(c1)OC(c1ccc(C)cc1)CC2=O. The number of allylic oxidation sites excluding steroid dienone is 1. The summed E-state index contributed by atoms with van der Waals surface area (Å²) in [4.78, 5) is 12.5. The zero-order chi connectivity index (χ0) is 18.0. The summed E-state index contributed by atoms with van der Waals surface area (Å²) in [6.07, 6.45) is 1.80. The van der Waals surface area contributed by atoms with Gasteiger partial charge in [0, 0.05) is 12.1 Å². The highest BCUT2D eigenvalue weighted by atomic mass is 16.5. The van der Waals surface area contributed by atoms with E-state index in [1.807, 2.05) is 51.1 Å². The molecule has 1 aliphatic rings. The van der Waals surface area contributed by atoms with Gasteiger partial charge in [-0.15, -0.1) is 0 Å². The summed E-state index contributed by atoms with van der Waals surface area (Å²) < 4.78 is 11.6. The van der Waals surface area contributed by atoms with E-state index in [0.717, 1.165) is 16.7 Å². The third-order valence-electron chi connectivity index (χ3n) is 4.16. The lowest BCUT2D eigenvalue weighted by atomic mass is 9.95. The van der Waals surface area contributed by atoms with Crippen LogP contribution in [0.2, 0.25) is 0 Å². The Kier molecular flexibility index (Phi) is 4.79. The Morgan fingerprint density at radius 1 is 1.28 bits per heavy atom. The molecule has 4 heteroatoms. The van der Waals surface area contributed by atoms with Crippen LogP contribution in [-0.2, 0) is 0 Å². The van der Waals surface area contributed by atoms with Gasteiger partial charge in [0.15, 0.2) is 5.78 Å². The lowest BCUT2D eigenvalue weighted by Crippen LogP contribution is -2.20. The van der Waals surface area contributed by atoms with Gasteiger partial charge in [0.05, 0.1) is 6.42 Å². The van der Waals surface area contributed by atoms with Crippen molar-refractivity contribution in [2.75, 3.05) is 6.61 Å². The molecule has 4 nitrogen and oxygen atoms in total. The molecule has 1 aliphatic heterocycles. The van der Waals surface area contributed by atoms with Crippen LogP contribution in [0.25, 0.3) is 0 Å². The average Bonchev–Trinajstić information content (AvgIpc) is 2.54. The number of aryl methyl sites for hydroxylation is 1. The Morgan fingerprint density at radius 3 is 2.68 bits per heavy atom. The van der Waals surface area contributed by atoms with Gasteiger partial charge >= 0.3 is 0 Å². The molecule has 0 spiro atoms. The van der Waals surface area contributed by atoms with Crippen LogP contribution >= 0.6 is 0 Å².